The van der Waals surface area contributed by atoms with Crippen molar-refractivity contribution in [3.05, 3.63) is 0 Å². The Labute approximate surface area is 135 Å². The summed E-state index contributed by atoms with van der Waals surface area (Å²) in [5, 5.41) is 0. The van der Waals surface area contributed by atoms with E-state index in [2.05, 4.69) is 27.7 Å². The fourth-order valence-corrected chi connectivity index (χ4v) is 3.50. The van der Waals surface area contributed by atoms with Crippen molar-refractivity contribution in [1.29, 1.82) is 0 Å². The molecule has 0 saturated carbocycles. The standard InChI is InChI=1S/C18H34O4/c1-6-9-10-14(7-2)12-18(4)13-15(8-3)16(21-22-18)11-17(19)20-5/h14-16H,6-13H2,1-5H3/t14-,15-,16+,18+/m0/s1. The van der Waals surface area contributed by atoms with Crippen LogP contribution in [0.15, 0.2) is 0 Å². The van der Waals surface area contributed by atoms with Gasteiger partial charge in [0.2, 0.25) is 0 Å². The quantitative estimate of drug-likeness (QED) is 0.458. The number of hydrogen-bond acceptors (Lipinski definition) is 4. The summed E-state index contributed by atoms with van der Waals surface area (Å²) < 4.78 is 4.75. The molecule has 1 rings (SSSR count). The highest BCUT2D eigenvalue weighted by Crippen LogP contribution is 2.39. The molecule has 0 aromatic rings. The van der Waals surface area contributed by atoms with Crippen LogP contribution < -0.4 is 0 Å². The van der Waals surface area contributed by atoms with E-state index < -0.39 is 0 Å². The van der Waals surface area contributed by atoms with Gasteiger partial charge in [-0.05, 0) is 31.6 Å². The first-order valence-electron chi connectivity index (χ1n) is 8.89. The second-order valence-corrected chi connectivity index (χ2v) is 6.94. The molecule has 4 heteroatoms. The Morgan fingerprint density at radius 1 is 1.36 bits per heavy atom. The number of methoxy groups -OCH3 is 1. The van der Waals surface area contributed by atoms with Crippen LogP contribution in [0.4, 0.5) is 0 Å². The Morgan fingerprint density at radius 2 is 2.09 bits per heavy atom. The Morgan fingerprint density at radius 3 is 2.64 bits per heavy atom. The maximum atomic E-state index is 11.5. The average molecular weight is 314 g/mol. The van der Waals surface area contributed by atoms with E-state index in [-0.39, 0.29) is 24.1 Å². The number of ether oxygens (including phenoxy) is 1. The first-order valence-corrected chi connectivity index (χ1v) is 8.89. The minimum Gasteiger partial charge on any atom is -0.469 e. The molecule has 0 aliphatic carbocycles. The first-order chi connectivity index (χ1) is 10.5. The molecule has 130 valence electrons. The summed E-state index contributed by atoms with van der Waals surface area (Å²) in [4.78, 5) is 22.9. The van der Waals surface area contributed by atoms with Gasteiger partial charge in [-0.25, -0.2) is 9.78 Å². The fourth-order valence-electron chi connectivity index (χ4n) is 3.50. The van der Waals surface area contributed by atoms with Gasteiger partial charge in [-0.3, -0.25) is 4.79 Å². The number of esters is 1. The summed E-state index contributed by atoms with van der Waals surface area (Å²) >= 11 is 0. The Bertz CT molecular complexity index is 331. The van der Waals surface area contributed by atoms with E-state index in [1.54, 1.807) is 0 Å². The summed E-state index contributed by atoms with van der Waals surface area (Å²) in [7, 11) is 1.41. The Hall–Kier alpha value is -0.610. The van der Waals surface area contributed by atoms with Crippen molar-refractivity contribution in [3.63, 3.8) is 0 Å². The second kappa shape index (κ2) is 9.51. The molecule has 0 amide bonds. The predicted octanol–water partition coefficient (Wildman–Crippen LogP) is 4.66. The molecule has 1 heterocycles. The van der Waals surface area contributed by atoms with Crippen molar-refractivity contribution in [3.8, 4) is 0 Å². The summed E-state index contributed by atoms with van der Waals surface area (Å²) in [6.07, 6.45) is 8.03. The van der Waals surface area contributed by atoms with Crippen LogP contribution in [0.5, 0.6) is 0 Å². The van der Waals surface area contributed by atoms with Crippen LogP contribution in [0.3, 0.4) is 0 Å². The highest BCUT2D eigenvalue weighted by Gasteiger charge is 2.41. The topological polar surface area (TPSA) is 44.8 Å². The summed E-state index contributed by atoms with van der Waals surface area (Å²) in [5.41, 5.74) is -0.234. The minimum atomic E-state index is -0.234. The third-order valence-corrected chi connectivity index (χ3v) is 4.98. The van der Waals surface area contributed by atoms with Crippen molar-refractivity contribution < 1.29 is 19.3 Å². The van der Waals surface area contributed by atoms with E-state index in [4.69, 9.17) is 14.5 Å². The maximum absolute atomic E-state index is 11.5. The summed E-state index contributed by atoms with van der Waals surface area (Å²) in [6, 6.07) is 0. The van der Waals surface area contributed by atoms with Crippen LogP contribution in [-0.4, -0.2) is 24.8 Å². The predicted molar refractivity (Wildman–Crippen MR) is 87.3 cm³/mol. The monoisotopic (exact) mass is 314 g/mol. The average Bonchev–Trinajstić information content (AvgIpc) is 2.53. The lowest BCUT2D eigenvalue weighted by molar-refractivity contribution is -0.419. The van der Waals surface area contributed by atoms with Crippen molar-refractivity contribution in [1.82, 2.24) is 0 Å². The summed E-state index contributed by atoms with van der Waals surface area (Å²) in [5.74, 6) is 0.801. The van der Waals surface area contributed by atoms with Gasteiger partial charge in [-0.1, -0.05) is 52.9 Å². The largest absolute Gasteiger partial charge is 0.469 e. The molecule has 0 bridgehead atoms. The molecule has 0 aromatic heterocycles. The van der Waals surface area contributed by atoms with Gasteiger partial charge in [0.05, 0.1) is 13.5 Å². The highest BCUT2D eigenvalue weighted by atomic mass is 17.2. The van der Waals surface area contributed by atoms with Gasteiger partial charge in [-0.2, -0.15) is 0 Å². The third-order valence-electron chi connectivity index (χ3n) is 4.98. The number of carbonyl (C=O) groups is 1. The Balaban J connectivity index is 2.60. The molecule has 22 heavy (non-hydrogen) atoms. The van der Waals surface area contributed by atoms with Crippen molar-refractivity contribution in [2.24, 2.45) is 11.8 Å². The highest BCUT2D eigenvalue weighted by molar-refractivity contribution is 5.69. The fraction of sp³-hybridized carbons (Fsp3) is 0.944. The normalized spacial score (nSPS) is 30.0. The van der Waals surface area contributed by atoms with Crippen LogP contribution in [-0.2, 0) is 19.3 Å². The van der Waals surface area contributed by atoms with E-state index in [0.29, 0.717) is 11.8 Å². The number of rotatable bonds is 9. The van der Waals surface area contributed by atoms with Gasteiger partial charge in [0.15, 0.2) is 0 Å². The smallest absolute Gasteiger partial charge is 0.308 e. The van der Waals surface area contributed by atoms with Crippen LogP contribution in [0.25, 0.3) is 0 Å². The zero-order chi connectivity index (χ0) is 16.6. The van der Waals surface area contributed by atoms with Crippen LogP contribution >= 0.6 is 0 Å². The molecule has 1 aliphatic heterocycles. The molecule has 4 atom stereocenters. The molecule has 4 nitrogen and oxygen atoms in total. The van der Waals surface area contributed by atoms with Gasteiger partial charge >= 0.3 is 5.97 Å². The lowest BCUT2D eigenvalue weighted by Gasteiger charge is -2.42. The zero-order valence-electron chi connectivity index (χ0n) is 15.0. The molecular weight excluding hydrogens is 280 g/mol. The first kappa shape index (κ1) is 19.4. The number of unbranched alkanes of at least 4 members (excludes halogenated alkanes) is 1. The van der Waals surface area contributed by atoms with E-state index in [1.807, 2.05) is 0 Å². The van der Waals surface area contributed by atoms with E-state index >= 15 is 0 Å². The minimum absolute atomic E-state index is 0.179. The molecule has 1 aliphatic rings. The molecule has 0 unspecified atom stereocenters. The van der Waals surface area contributed by atoms with Gasteiger partial charge in [0, 0.05) is 0 Å². The number of carbonyl (C=O) groups excluding carboxylic acids is 1. The van der Waals surface area contributed by atoms with E-state index in [0.717, 1.165) is 19.3 Å². The Kier molecular flexibility index (Phi) is 8.40. The van der Waals surface area contributed by atoms with Crippen LogP contribution in [0.1, 0.15) is 79.1 Å². The van der Waals surface area contributed by atoms with Crippen molar-refractivity contribution in [2.45, 2.75) is 90.8 Å². The van der Waals surface area contributed by atoms with Gasteiger partial charge in [-0.15, -0.1) is 0 Å². The molecule has 0 aromatic carbocycles. The van der Waals surface area contributed by atoms with Crippen molar-refractivity contribution in [2.75, 3.05) is 7.11 Å². The van der Waals surface area contributed by atoms with Crippen LogP contribution in [0, 0.1) is 11.8 Å². The molecule has 1 fully saturated rings. The van der Waals surface area contributed by atoms with Gasteiger partial charge in [0.1, 0.15) is 11.7 Å². The maximum Gasteiger partial charge on any atom is 0.308 e. The molecule has 1 saturated heterocycles. The van der Waals surface area contributed by atoms with E-state index in [1.165, 1.54) is 32.8 Å². The van der Waals surface area contributed by atoms with Gasteiger partial charge in [0.25, 0.3) is 0 Å². The SMILES string of the molecule is CCCC[C@H](CC)C[C@]1(C)C[C@H](CC)[C@@H](CC(=O)OC)OO1. The van der Waals surface area contributed by atoms with Gasteiger partial charge < -0.3 is 4.74 Å². The lowest BCUT2D eigenvalue weighted by atomic mass is 9.78. The second-order valence-electron chi connectivity index (χ2n) is 6.94. The lowest BCUT2D eigenvalue weighted by Crippen LogP contribution is -2.45. The zero-order valence-corrected chi connectivity index (χ0v) is 15.0. The molecule has 0 N–H and O–H groups in total. The molecule has 0 spiro atoms. The third kappa shape index (κ3) is 5.88. The summed E-state index contributed by atoms with van der Waals surface area (Å²) in [6.45, 7) is 8.79. The van der Waals surface area contributed by atoms with Crippen LogP contribution in [0.2, 0.25) is 0 Å². The molecular formula is C18H34O4. The number of hydrogen-bond donors (Lipinski definition) is 0. The van der Waals surface area contributed by atoms with Crippen molar-refractivity contribution >= 4 is 5.97 Å². The van der Waals surface area contributed by atoms with E-state index in [9.17, 15) is 4.79 Å². The molecule has 0 radical (unpaired) electrons.